The van der Waals surface area contributed by atoms with Crippen LogP contribution in [0.25, 0.3) is 0 Å². The van der Waals surface area contributed by atoms with Crippen molar-refractivity contribution >= 4 is 11.8 Å². The van der Waals surface area contributed by atoms with Gasteiger partial charge in [-0.25, -0.2) is 0 Å². The Morgan fingerprint density at radius 1 is 1.32 bits per heavy atom. The molecule has 2 rings (SSSR count). The summed E-state index contributed by atoms with van der Waals surface area (Å²) in [6.07, 6.45) is 3.12. The predicted molar refractivity (Wildman–Crippen MR) is 77.2 cm³/mol. The highest BCUT2D eigenvalue weighted by molar-refractivity contribution is 7.98. The summed E-state index contributed by atoms with van der Waals surface area (Å²) in [6, 6.07) is 2.48. The predicted octanol–water partition coefficient (Wildman–Crippen LogP) is 3.07. The maximum absolute atomic E-state index is 4.55. The molecule has 0 aliphatic rings. The third-order valence-electron chi connectivity index (χ3n) is 2.89. The van der Waals surface area contributed by atoms with E-state index in [1.165, 1.54) is 0 Å². The topological polar surface area (TPSA) is 48.5 Å². The van der Waals surface area contributed by atoms with Crippen molar-refractivity contribution in [3.63, 3.8) is 0 Å². The molecule has 0 radical (unpaired) electrons. The Hall–Kier alpha value is -1.30. The fourth-order valence-electron chi connectivity index (χ4n) is 1.83. The summed E-state index contributed by atoms with van der Waals surface area (Å²) in [5.41, 5.74) is 1.09. The summed E-state index contributed by atoms with van der Waals surface area (Å²) in [5, 5.41) is 13.9. The number of hydrogen-bond donors (Lipinski definition) is 0. The maximum Gasteiger partial charge on any atom is 0.191 e. The van der Waals surface area contributed by atoms with Crippen LogP contribution >= 0.6 is 11.8 Å². The number of rotatable bonds is 6. The van der Waals surface area contributed by atoms with Crippen LogP contribution in [0.4, 0.5) is 0 Å². The molecule has 0 aliphatic heterocycles. The van der Waals surface area contributed by atoms with Gasteiger partial charge in [0.1, 0.15) is 5.82 Å². The highest BCUT2D eigenvalue weighted by Gasteiger charge is 2.10. The minimum Gasteiger partial charge on any atom is -0.306 e. The van der Waals surface area contributed by atoms with E-state index in [9.17, 15) is 0 Å². The van der Waals surface area contributed by atoms with E-state index in [0.29, 0.717) is 6.04 Å². The van der Waals surface area contributed by atoms with Gasteiger partial charge in [0.05, 0.1) is 5.69 Å². The third-order valence-corrected chi connectivity index (χ3v) is 3.89. The van der Waals surface area contributed by atoms with Crippen LogP contribution < -0.4 is 0 Å². The van der Waals surface area contributed by atoms with Crippen LogP contribution in [0, 0.1) is 6.92 Å². The van der Waals surface area contributed by atoms with Gasteiger partial charge in [-0.2, -0.15) is 5.10 Å². The molecule has 2 aromatic rings. The van der Waals surface area contributed by atoms with Crippen molar-refractivity contribution in [2.45, 2.75) is 57.6 Å². The fourth-order valence-corrected chi connectivity index (χ4v) is 2.74. The third kappa shape index (κ3) is 3.37. The molecule has 0 atom stereocenters. The number of thioether (sulfide) groups is 1. The normalized spacial score (nSPS) is 11.4. The van der Waals surface area contributed by atoms with Crippen LogP contribution in [0.1, 0.15) is 44.8 Å². The van der Waals surface area contributed by atoms with Gasteiger partial charge in [-0.1, -0.05) is 18.7 Å². The van der Waals surface area contributed by atoms with Gasteiger partial charge in [-0.15, -0.1) is 10.2 Å². The van der Waals surface area contributed by atoms with Gasteiger partial charge in [0, 0.05) is 24.5 Å². The highest BCUT2D eigenvalue weighted by Crippen LogP contribution is 2.21. The van der Waals surface area contributed by atoms with Crippen LogP contribution in [-0.4, -0.2) is 24.5 Å². The molecule has 0 amide bonds. The van der Waals surface area contributed by atoms with Gasteiger partial charge in [0.15, 0.2) is 5.16 Å². The first-order chi connectivity index (χ1) is 9.11. The summed E-state index contributed by atoms with van der Waals surface area (Å²) in [7, 11) is 0. The molecule has 19 heavy (non-hydrogen) atoms. The monoisotopic (exact) mass is 279 g/mol. The first kappa shape index (κ1) is 14.1. The molecular formula is C13H21N5S. The smallest absolute Gasteiger partial charge is 0.191 e. The van der Waals surface area contributed by atoms with Crippen LogP contribution in [0.2, 0.25) is 0 Å². The second kappa shape index (κ2) is 6.23. The van der Waals surface area contributed by atoms with Crippen molar-refractivity contribution in [3.05, 3.63) is 23.8 Å². The first-order valence-corrected chi connectivity index (χ1v) is 7.67. The molecule has 0 unspecified atom stereocenters. The zero-order chi connectivity index (χ0) is 13.8. The van der Waals surface area contributed by atoms with Crippen LogP contribution in [-0.2, 0) is 12.3 Å². The first-order valence-electron chi connectivity index (χ1n) is 6.68. The van der Waals surface area contributed by atoms with Gasteiger partial charge < -0.3 is 4.57 Å². The van der Waals surface area contributed by atoms with E-state index >= 15 is 0 Å². The number of aryl methyl sites for hydroxylation is 1. The zero-order valence-electron chi connectivity index (χ0n) is 12.0. The lowest BCUT2D eigenvalue weighted by Gasteiger charge is -2.06. The average molecular weight is 279 g/mol. The Balaban J connectivity index is 2.01. The molecule has 0 saturated heterocycles. The van der Waals surface area contributed by atoms with E-state index in [1.54, 1.807) is 11.8 Å². The quantitative estimate of drug-likeness (QED) is 0.762. The molecule has 2 heterocycles. The lowest BCUT2D eigenvalue weighted by Crippen LogP contribution is -2.02. The van der Waals surface area contributed by atoms with Crippen molar-refractivity contribution in [3.8, 4) is 0 Å². The van der Waals surface area contributed by atoms with Crippen molar-refractivity contribution in [2.24, 2.45) is 0 Å². The molecule has 5 nitrogen and oxygen atoms in total. The Morgan fingerprint density at radius 2 is 2.11 bits per heavy atom. The van der Waals surface area contributed by atoms with E-state index in [-0.39, 0.29) is 0 Å². The molecule has 0 aromatic carbocycles. The lowest BCUT2D eigenvalue weighted by atomic mass is 10.4. The molecule has 0 spiro atoms. The molecule has 104 valence electrons. The summed E-state index contributed by atoms with van der Waals surface area (Å²) >= 11 is 1.70. The van der Waals surface area contributed by atoms with Crippen molar-refractivity contribution in [2.75, 3.05) is 0 Å². The SMILES string of the molecule is CCCn1c(C)nnc1SCc1ccn(C(C)C)n1. The minimum atomic E-state index is 0.407. The van der Waals surface area contributed by atoms with Crippen LogP contribution in [0.5, 0.6) is 0 Å². The van der Waals surface area contributed by atoms with Crippen molar-refractivity contribution in [1.82, 2.24) is 24.5 Å². The van der Waals surface area contributed by atoms with E-state index < -0.39 is 0 Å². The number of hydrogen-bond acceptors (Lipinski definition) is 4. The fraction of sp³-hybridized carbons (Fsp3) is 0.615. The standard InChI is InChI=1S/C13H21N5S/c1-5-7-17-11(4)14-15-13(17)19-9-12-6-8-18(16-12)10(2)3/h6,8,10H,5,7,9H2,1-4H3. The van der Waals surface area contributed by atoms with Gasteiger partial charge in [0.2, 0.25) is 0 Å². The molecule has 0 aliphatic carbocycles. The molecule has 6 heteroatoms. The minimum absolute atomic E-state index is 0.407. The summed E-state index contributed by atoms with van der Waals surface area (Å²) in [5.74, 6) is 1.82. The molecular weight excluding hydrogens is 258 g/mol. The van der Waals surface area contributed by atoms with Crippen LogP contribution in [0.3, 0.4) is 0 Å². The average Bonchev–Trinajstić information content (AvgIpc) is 2.96. The summed E-state index contributed by atoms with van der Waals surface area (Å²) in [4.78, 5) is 0. The Kier molecular flexibility index (Phi) is 4.63. The Labute approximate surface area is 118 Å². The number of nitrogens with zero attached hydrogens (tertiary/aromatic N) is 5. The van der Waals surface area contributed by atoms with E-state index in [0.717, 1.165) is 35.4 Å². The lowest BCUT2D eigenvalue weighted by molar-refractivity contribution is 0.528. The van der Waals surface area contributed by atoms with Gasteiger partial charge in [0.25, 0.3) is 0 Å². The highest BCUT2D eigenvalue weighted by atomic mass is 32.2. The molecule has 0 bridgehead atoms. The van der Waals surface area contributed by atoms with E-state index in [2.05, 4.69) is 46.7 Å². The maximum atomic E-state index is 4.55. The second-order valence-electron chi connectivity index (χ2n) is 4.85. The largest absolute Gasteiger partial charge is 0.306 e. The molecule has 0 N–H and O–H groups in total. The van der Waals surface area contributed by atoms with Crippen LogP contribution in [0.15, 0.2) is 17.4 Å². The Morgan fingerprint density at radius 3 is 2.74 bits per heavy atom. The summed E-state index contributed by atoms with van der Waals surface area (Å²) < 4.78 is 4.15. The van der Waals surface area contributed by atoms with E-state index in [4.69, 9.17) is 0 Å². The number of aromatic nitrogens is 5. The molecule has 0 saturated carbocycles. The van der Waals surface area contributed by atoms with Gasteiger partial charge >= 0.3 is 0 Å². The van der Waals surface area contributed by atoms with Crippen molar-refractivity contribution < 1.29 is 0 Å². The summed E-state index contributed by atoms with van der Waals surface area (Å²) in [6.45, 7) is 9.40. The van der Waals surface area contributed by atoms with Gasteiger partial charge in [-0.3, -0.25) is 4.68 Å². The molecule has 0 fully saturated rings. The van der Waals surface area contributed by atoms with E-state index in [1.807, 2.05) is 17.8 Å². The molecule has 2 aromatic heterocycles. The van der Waals surface area contributed by atoms with Crippen molar-refractivity contribution in [1.29, 1.82) is 0 Å². The zero-order valence-corrected chi connectivity index (χ0v) is 12.8. The van der Waals surface area contributed by atoms with Gasteiger partial charge in [-0.05, 0) is 33.3 Å². The second-order valence-corrected chi connectivity index (χ2v) is 5.79. The Bertz CT molecular complexity index is 529.